The summed E-state index contributed by atoms with van der Waals surface area (Å²) in [4.78, 5) is 59.2. The average Bonchev–Trinajstić information content (AvgIpc) is 2.70. The van der Waals surface area contributed by atoms with Gasteiger partial charge in [-0.1, -0.05) is 11.6 Å². The Kier molecular flexibility index (Phi) is 9.50. The molecule has 0 aromatic carbocycles. The molecule has 1 heterocycles. The monoisotopic (exact) mass is 498 g/mol. The highest BCUT2D eigenvalue weighted by molar-refractivity contribution is 6.31. The van der Waals surface area contributed by atoms with Crippen LogP contribution in [0.2, 0.25) is 5.15 Å². The molecular formula is C19H27ClN8O6. The Labute approximate surface area is 199 Å². The molecule has 1 aliphatic rings. The maximum absolute atomic E-state index is 12.3. The average molecular weight is 499 g/mol. The standard InChI is InChI=1S/C19H27ClN8O6/c20-15-17(22)26-16(21)14(25-15)18(34)27-19(23)24-10-3-1-9(2-4-10)5-11(29)6-28(7-12(30)31)8-13(32)33/h9-10H,1-8H2,(H,30,31)(H,32,33)(H4,21,22,26)(H3,23,24,27,34). The molecule has 14 nitrogen and oxygen atoms in total. The molecule has 0 radical (unpaired) electrons. The molecule has 15 heteroatoms. The van der Waals surface area contributed by atoms with Crippen LogP contribution < -0.4 is 22.5 Å². The number of ketones is 1. The van der Waals surface area contributed by atoms with Crippen LogP contribution in [0.5, 0.6) is 0 Å². The number of aliphatic carboxylic acids is 2. The zero-order valence-corrected chi connectivity index (χ0v) is 19.0. The second-order valence-electron chi connectivity index (χ2n) is 7.95. The van der Waals surface area contributed by atoms with Crippen molar-refractivity contribution in [3.8, 4) is 0 Å². The van der Waals surface area contributed by atoms with E-state index >= 15 is 0 Å². The van der Waals surface area contributed by atoms with Crippen molar-refractivity contribution in [1.29, 1.82) is 0 Å². The van der Waals surface area contributed by atoms with E-state index in [2.05, 4.69) is 20.3 Å². The van der Waals surface area contributed by atoms with Gasteiger partial charge in [-0.3, -0.25) is 29.4 Å². The molecule has 186 valence electrons. The van der Waals surface area contributed by atoms with Gasteiger partial charge in [0.15, 0.2) is 28.4 Å². The number of hydrogen-bond donors (Lipinski definition) is 6. The Bertz CT molecular complexity index is 964. The number of nitrogens with two attached hydrogens (primary N) is 3. The van der Waals surface area contributed by atoms with E-state index in [4.69, 9.17) is 39.0 Å². The third-order valence-electron chi connectivity index (χ3n) is 5.13. The van der Waals surface area contributed by atoms with Gasteiger partial charge in [0.25, 0.3) is 5.91 Å². The van der Waals surface area contributed by atoms with E-state index in [0.717, 1.165) is 4.90 Å². The van der Waals surface area contributed by atoms with Gasteiger partial charge in [0.05, 0.1) is 25.7 Å². The predicted octanol–water partition coefficient (Wildman–Crippen LogP) is -0.672. The van der Waals surface area contributed by atoms with Crippen molar-refractivity contribution in [2.45, 2.75) is 38.1 Å². The summed E-state index contributed by atoms with van der Waals surface area (Å²) in [6, 6.07) is -0.166. The lowest BCUT2D eigenvalue weighted by atomic mass is 9.83. The summed E-state index contributed by atoms with van der Waals surface area (Å²) in [6.07, 6.45) is 2.81. The predicted molar refractivity (Wildman–Crippen MR) is 122 cm³/mol. The van der Waals surface area contributed by atoms with E-state index in [1.54, 1.807) is 0 Å². The first-order valence-electron chi connectivity index (χ1n) is 10.3. The molecule has 0 aliphatic heterocycles. The number of nitrogen functional groups attached to an aromatic ring is 2. The molecule has 1 amide bonds. The van der Waals surface area contributed by atoms with Crippen molar-refractivity contribution >= 4 is 52.8 Å². The maximum Gasteiger partial charge on any atom is 0.317 e. The summed E-state index contributed by atoms with van der Waals surface area (Å²) in [7, 11) is 0. The summed E-state index contributed by atoms with van der Waals surface area (Å²) in [5, 5.41) is 19.9. The van der Waals surface area contributed by atoms with Crippen LogP contribution >= 0.6 is 11.6 Å². The number of carbonyl (C=O) groups excluding carboxylic acids is 2. The highest BCUT2D eigenvalue weighted by Crippen LogP contribution is 2.29. The number of carbonyl (C=O) groups is 4. The summed E-state index contributed by atoms with van der Waals surface area (Å²) >= 11 is 5.77. The fraction of sp³-hybridized carbons (Fsp3) is 0.526. The van der Waals surface area contributed by atoms with Crippen LogP contribution in [0, 0.1) is 5.92 Å². The lowest BCUT2D eigenvalue weighted by Crippen LogP contribution is -2.39. The largest absolute Gasteiger partial charge is 0.480 e. The number of amides is 1. The molecule has 1 aromatic heterocycles. The van der Waals surface area contributed by atoms with Crippen molar-refractivity contribution in [3.05, 3.63) is 10.8 Å². The maximum atomic E-state index is 12.3. The number of Topliss-reactive ketones (excluding diaryl/α,β-unsaturated/α-hetero) is 1. The summed E-state index contributed by atoms with van der Waals surface area (Å²) in [5.74, 6) is -3.74. The van der Waals surface area contributed by atoms with Crippen LogP contribution in [-0.4, -0.2) is 80.3 Å². The zero-order chi connectivity index (χ0) is 25.4. The molecular weight excluding hydrogens is 472 g/mol. The molecule has 0 saturated heterocycles. The molecule has 1 aliphatic carbocycles. The molecule has 34 heavy (non-hydrogen) atoms. The van der Waals surface area contributed by atoms with Gasteiger partial charge in [-0.2, -0.15) is 0 Å². The SMILES string of the molecule is NC(=NC1CCC(CC(=O)CN(CC(=O)O)CC(=O)O)CC1)NC(=O)c1nc(Cl)c(N)nc1N. The third kappa shape index (κ3) is 8.44. The minimum absolute atomic E-state index is 0.0678. The van der Waals surface area contributed by atoms with Gasteiger partial charge in [0.2, 0.25) is 0 Å². The number of carboxylic acid groups (broad SMARTS) is 2. The normalized spacial score (nSPS) is 18.5. The smallest absolute Gasteiger partial charge is 0.317 e. The van der Waals surface area contributed by atoms with Gasteiger partial charge in [0.1, 0.15) is 5.78 Å². The van der Waals surface area contributed by atoms with E-state index in [1.807, 2.05) is 0 Å². The minimum atomic E-state index is -1.20. The Morgan fingerprint density at radius 1 is 1.00 bits per heavy atom. The molecule has 2 rings (SSSR count). The van der Waals surface area contributed by atoms with Crippen LogP contribution in [0.3, 0.4) is 0 Å². The highest BCUT2D eigenvalue weighted by Gasteiger charge is 2.25. The zero-order valence-electron chi connectivity index (χ0n) is 18.2. The fourth-order valence-corrected chi connectivity index (χ4v) is 3.80. The van der Waals surface area contributed by atoms with Crippen LogP contribution in [0.4, 0.5) is 11.6 Å². The van der Waals surface area contributed by atoms with Crippen LogP contribution in [0.15, 0.2) is 4.99 Å². The van der Waals surface area contributed by atoms with Gasteiger partial charge in [-0.05, 0) is 31.6 Å². The van der Waals surface area contributed by atoms with Crippen molar-refractivity contribution < 1.29 is 29.4 Å². The second-order valence-corrected chi connectivity index (χ2v) is 8.31. The second kappa shape index (κ2) is 12.1. The minimum Gasteiger partial charge on any atom is -0.480 e. The molecule has 0 atom stereocenters. The Morgan fingerprint density at radius 2 is 1.59 bits per heavy atom. The van der Waals surface area contributed by atoms with E-state index in [0.29, 0.717) is 25.7 Å². The first kappa shape index (κ1) is 26.7. The number of hydrogen-bond acceptors (Lipinski definition) is 10. The number of rotatable bonds is 10. The quantitative estimate of drug-likeness (QED) is 0.174. The number of halogens is 1. The molecule has 1 fully saturated rings. The lowest BCUT2D eigenvalue weighted by Gasteiger charge is -2.26. The molecule has 1 saturated carbocycles. The fourth-order valence-electron chi connectivity index (χ4n) is 3.68. The van der Waals surface area contributed by atoms with Gasteiger partial charge >= 0.3 is 11.9 Å². The van der Waals surface area contributed by atoms with Crippen molar-refractivity contribution in [3.63, 3.8) is 0 Å². The van der Waals surface area contributed by atoms with E-state index in [-0.39, 0.29) is 59.2 Å². The number of aromatic nitrogens is 2. The van der Waals surface area contributed by atoms with Crippen molar-refractivity contribution in [1.82, 2.24) is 20.2 Å². The Morgan fingerprint density at radius 3 is 2.15 bits per heavy atom. The van der Waals surface area contributed by atoms with Crippen LogP contribution in [0.25, 0.3) is 0 Å². The van der Waals surface area contributed by atoms with E-state index in [9.17, 15) is 19.2 Å². The molecule has 0 bridgehead atoms. The molecule has 0 spiro atoms. The van der Waals surface area contributed by atoms with Gasteiger partial charge in [-0.25, -0.2) is 15.0 Å². The van der Waals surface area contributed by atoms with Crippen molar-refractivity contribution in [2.24, 2.45) is 16.6 Å². The number of carboxylic acids is 2. The van der Waals surface area contributed by atoms with Crippen LogP contribution in [-0.2, 0) is 14.4 Å². The Hall–Kier alpha value is -3.52. The number of nitrogens with one attached hydrogen (secondary N) is 1. The van der Waals surface area contributed by atoms with E-state index in [1.165, 1.54) is 0 Å². The third-order valence-corrected chi connectivity index (χ3v) is 5.41. The summed E-state index contributed by atoms with van der Waals surface area (Å²) < 4.78 is 0. The highest BCUT2D eigenvalue weighted by atomic mass is 35.5. The van der Waals surface area contributed by atoms with Crippen LogP contribution in [0.1, 0.15) is 42.6 Å². The van der Waals surface area contributed by atoms with Gasteiger partial charge in [-0.15, -0.1) is 0 Å². The molecule has 0 unspecified atom stereocenters. The first-order chi connectivity index (χ1) is 15.9. The number of guanidine groups is 1. The topological polar surface area (TPSA) is 240 Å². The van der Waals surface area contributed by atoms with E-state index < -0.39 is 30.9 Å². The Balaban J connectivity index is 1.84. The number of nitrogens with zero attached hydrogens (tertiary/aromatic N) is 4. The lowest BCUT2D eigenvalue weighted by molar-refractivity contribution is -0.142. The molecule has 9 N–H and O–H groups in total. The summed E-state index contributed by atoms with van der Waals surface area (Å²) in [6.45, 7) is -1.29. The summed E-state index contributed by atoms with van der Waals surface area (Å²) in [5.41, 5.74) is 16.7. The number of anilines is 2. The van der Waals surface area contributed by atoms with Gasteiger partial charge < -0.3 is 27.4 Å². The molecule has 1 aromatic rings. The van der Waals surface area contributed by atoms with Gasteiger partial charge in [0, 0.05) is 6.42 Å². The number of aliphatic imine (C=N–C) groups is 1. The van der Waals surface area contributed by atoms with Crippen molar-refractivity contribution in [2.75, 3.05) is 31.1 Å². The first-order valence-corrected chi connectivity index (χ1v) is 10.7.